The standard InChI is InChI=1S/C12H19NO6S2/c1-10(14)20(16,17)8-13(9-21(18,19)11(2)15)12-6-4-3-5-7-12/h3-7,10-11,14-15H,8-9H2,1-2H3. The van der Waals surface area contributed by atoms with Gasteiger partial charge in [0.05, 0.1) is 0 Å². The van der Waals surface area contributed by atoms with Gasteiger partial charge in [-0.15, -0.1) is 0 Å². The Hall–Kier alpha value is -1.16. The van der Waals surface area contributed by atoms with Gasteiger partial charge in [-0.05, 0) is 26.0 Å². The number of hydrogen-bond donors (Lipinski definition) is 2. The SMILES string of the molecule is CC(O)S(=O)(=O)CN(CS(=O)(=O)C(C)O)c1ccccc1. The van der Waals surface area contributed by atoms with Gasteiger partial charge in [-0.1, -0.05) is 18.2 Å². The largest absolute Gasteiger partial charge is 0.377 e. The fraction of sp³-hybridized carbons (Fsp3) is 0.500. The van der Waals surface area contributed by atoms with Crippen molar-refractivity contribution in [3.8, 4) is 0 Å². The minimum atomic E-state index is -3.91. The number of hydrogen-bond acceptors (Lipinski definition) is 7. The third-order valence-corrected chi connectivity index (χ3v) is 6.25. The van der Waals surface area contributed by atoms with Crippen molar-refractivity contribution < 1.29 is 27.0 Å². The molecule has 9 heteroatoms. The third-order valence-electron chi connectivity index (χ3n) is 2.83. The molecule has 0 heterocycles. The van der Waals surface area contributed by atoms with Gasteiger partial charge in [-0.2, -0.15) is 0 Å². The molecule has 0 saturated carbocycles. The van der Waals surface area contributed by atoms with E-state index in [1.165, 1.54) is 0 Å². The molecule has 2 unspecified atom stereocenters. The first kappa shape index (κ1) is 17.9. The molecule has 0 fully saturated rings. The van der Waals surface area contributed by atoms with E-state index in [4.69, 9.17) is 0 Å². The number of sulfone groups is 2. The molecule has 0 aliphatic heterocycles. The molecule has 0 aliphatic carbocycles. The van der Waals surface area contributed by atoms with E-state index in [2.05, 4.69) is 0 Å². The Kier molecular flexibility index (Phi) is 5.74. The topological polar surface area (TPSA) is 112 Å². The summed E-state index contributed by atoms with van der Waals surface area (Å²) in [4.78, 5) is 1.09. The highest BCUT2D eigenvalue weighted by atomic mass is 32.2. The number of para-hydroxylation sites is 1. The van der Waals surface area contributed by atoms with Crippen molar-refractivity contribution in [3.63, 3.8) is 0 Å². The number of anilines is 1. The Bertz CT molecular complexity index is 612. The van der Waals surface area contributed by atoms with Crippen LogP contribution in [-0.2, 0) is 19.7 Å². The Labute approximate surface area is 124 Å². The zero-order valence-corrected chi connectivity index (χ0v) is 13.4. The van der Waals surface area contributed by atoms with Crippen molar-refractivity contribution in [2.75, 3.05) is 16.7 Å². The van der Waals surface area contributed by atoms with Crippen LogP contribution in [0.2, 0.25) is 0 Å². The summed E-state index contributed by atoms with van der Waals surface area (Å²) in [5.41, 5.74) is -2.86. The summed E-state index contributed by atoms with van der Waals surface area (Å²) in [5.74, 6) is -1.33. The number of aliphatic hydroxyl groups is 2. The zero-order chi connectivity index (χ0) is 16.3. The highest BCUT2D eigenvalue weighted by Gasteiger charge is 2.28. The summed E-state index contributed by atoms with van der Waals surface area (Å²) in [6.45, 7) is 2.20. The molecule has 0 saturated heterocycles. The number of aliphatic hydroxyl groups excluding tert-OH is 2. The van der Waals surface area contributed by atoms with Gasteiger partial charge in [0.15, 0.2) is 30.5 Å². The molecule has 0 radical (unpaired) electrons. The lowest BCUT2D eigenvalue weighted by molar-refractivity contribution is 0.267. The smallest absolute Gasteiger partial charge is 0.194 e. The maximum absolute atomic E-state index is 11.8. The molecular weight excluding hydrogens is 318 g/mol. The summed E-state index contributed by atoms with van der Waals surface area (Å²) in [5, 5.41) is 18.5. The molecule has 120 valence electrons. The second-order valence-corrected chi connectivity index (χ2v) is 9.19. The number of nitrogens with zero attached hydrogens (tertiary/aromatic N) is 1. The monoisotopic (exact) mass is 337 g/mol. The molecule has 0 bridgehead atoms. The first-order valence-corrected chi connectivity index (χ1v) is 9.58. The predicted molar refractivity (Wildman–Crippen MR) is 79.9 cm³/mol. The van der Waals surface area contributed by atoms with E-state index in [-0.39, 0.29) is 0 Å². The van der Waals surface area contributed by atoms with Crippen LogP contribution in [0.15, 0.2) is 30.3 Å². The molecule has 1 aromatic carbocycles. The fourth-order valence-electron chi connectivity index (χ4n) is 1.48. The van der Waals surface area contributed by atoms with Crippen LogP contribution in [0.3, 0.4) is 0 Å². The van der Waals surface area contributed by atoms with E-state index in [9.17, 15) is 27.0 Å². The second kappa shape index (κ2) is 6.73. The van der Waals surface area contributed by atoms with Crippen molar-refractivity contribution in [2.24, 2.45) is 0 Å². The molecule has 21 heavy (non-hydrogen) atoms. The van der Waals surface area contributed by atoms with E-state index < -0.39 is 42.3 Å². The molecule has 0 spiro atoms. The van der Waals surface area contributed by atoms with Gasteiger partial charge < -0.3 is 15.1 Å². The van der Waals surface area contributed by atoms with Crippen LogP contribution < -0.4 is 4.90 Å². The quantitative estimate of drug-likeness (QED) is 0.715. The highest BCUT2D eigenvalue weighted by Crippen LogP contribution is 2.18. The van der Waals surface area contributed by atoms with Crippen LogP contribution in [0.25, 0.3) is 0 Å². The molecular formula is C12H19NO6S2. The first-order chi connectivity index (χ1) is 9.56. The molecule has 1 rings (SSSR count). The predicted octanol–water partition coefficient (Wildman–Crippen LogP) is -0.0858. The molecule has 0 amide bonds. The minimum absolute atomic E-state index is 0.367. The van der Waals surface area contributed by atoms with E-state index in [0.717, 1.165) is 18.7 Å². The van der Waals surface area contributed by atoms with E-state index in [1.54, 1.807) is 30.3 Å². The Morgan fingerprint density at radius 3 is 1.62 bits per heavy atom. The molecule has 2 N–H and O–H groups in total. The lowest BCUT2D eigenvalue weighted by atomic mass is 10.3. The Balaban J connectivity index is 3.14. The van der Waals surface area contributed by atoms with Crippen LogP contribution in [-0.4, -0.2) is 49.7 Å². The zero-order valence-electron chi connectivity index (χ0n) is 11.7. The van der Waals surface area contributed by atoms with Gasteiger partial charge in [0.2, 0.25) is 0 Å². The van der Waals surface area contributed by atoms with Crippen LogP contribution in [0.5, 0.6) is 0 Å². The molecule has 2 atom stereocenters. The molecule has 7 nitrogen and oxygen atoms in total. The molecule has 1 aromatic rings. The lowest BCUT2D eigenvalue weighted by Gasteiger charge is -2.25. The maximum atomic E-state index is 11.8. The maximum Gasteiger partial charge on any atom is 0.194 e. The van der Waals surface area contributed by atoms with Gasteiger partial charge >= 0.3 is 0 Å². The minimum Gasteiger partial charge on any atom is -0.377 e. The summed E-state index contributed by atoms with van der Waals surface area (Å²) in [6, 6.07) is 8.07. The normalized spacial score (nSPS) is 15.4. The number of rotatable bonds is 7. The highest BCUT2D eigenvalue weighted by molar-refractivity contribution is 7.92. The van der Waals surface area contributed by atoms with Gasteiger partial charge in [0.25, 0.3) is 0 Å². The molecule has 0 aliphatic rings. The van der Waals surface area contributed by atoms with Crippen LogP contribution in [0.1, 0.15) is 13.8 Å². The van der Waals surface area contributed by atoms with Crippen LogP contribution >= 0.6 is 0 Å². The summed E-state index contributed by atoms with van der Waals surface area (Å²) < 4.78 is 47.3. The van der Waals surface area contributed by atoms with E-state index >= 15 is 0 Å². The van der Waals surface area contributed by atoms with Crippen molar-refractivity contribution in [1.82, 2.24) is 0 Å². The second-order valence-electron chi connectivity index (χ2n) is 4.66. The van der Waals surface area contributed by atoms with Crippen molar-refractivity contribution >= 4 is 25.4 Å². The van der Waals surface area contributed by atoms with Gasteiger partial charge in [-0.3, -0.25) is 0 Å². The first-order valence-electron chi connectivity index (χ1n) is 6.15. The van der Waals surface area contributed by atoms with Crippen LogP contribution in [0, 0.1) is 0 Å². The van der Waals surface area contributed by atoms with E-state index in [0.29, 0.717) is 5.69 Å². The van der Waals surface area contributed by atoms with Crippen molar-refractivity contribution in [2.45, 2.75) is 24.7 Å². The van der Waals surface area contributed by atoms with E-state index in [1.807, 2.05) is 0 Å². The lowest BCUT2D eigenvalue weighted by Crippen LogP contribution is -2.40. The average molecular weight is 337 g/mol. The Morgan fingerprint density at radius 2 is 1.29 bits per heavy atom. The summed E-state index contributed by atoms with van der Waals surface area (Å²) in [7, 11) is -7.82. The summed E-state index contributed by atoms with van der Waals surface area (Å²) >= 11 is 0. The molecule has 0 aromatic heterocycles. The fourth-order valence-corrected chi connectivity index (χ4v) is 3.37. The van der Waals surface area contributed by atoms with Crippen LogP contribution in [0.4, 0.5) is 5.69 Å². The van der Waals surface area contributed by atoms with Gasteiger partial charge in [-0.25, -0.2) is 16.8 Å². The van der Waals surface area contributed by atoms with Crippen molar-refractivity contribution in [3.05, 3.63) is 30.3 Å². The average Bonchev–Trinajstić information content (AvgIpc) is 2.38. The number of benzene rings is 1. The third kappa shape index (κ3) is 4.95. The summed E-state index contributed by atoms with van der Waals surface area (Å²) in [6.07, 6.45) is 0. The van der Waals surface area contributed by atoms with Gasteiger partial charge in [0, 0.05) is 5.69 Å². The Morgan fingerprint density at radius 1 is 0.905 bits per heavy atom. The van der Waals surface area contributed by atoms with Gasteiger partial charge in [0.1, 0.15) is 11.8 Å². The van der Waals surface area contributed by atoms with Crippen molar-refractivity contribution in [1.29, 1.82) is 0 Å².